The first-order valence-electron chi connectivity index (χ1n) is 7.28. The van der Waals surface area contributed by atoms with Gasteiger partial charge in [-0.15, -0.1) is 0 Å². The van der Waals surface area contributed by atoms with Crippen LogP contribution >= 0.6 is 0 Å². The van der Waals surface area contributed by atoms with Crippen LogP contribution in [0.1, 0.15) is 59.8 Å². The summed E-state index contributed by atoms with van der Waals surface area (Å²) in [5.74, 6) is 0. The Bertz CT molecular complexity index is 371. The van der Waals surface area contributed by atoms with Crippen molar-refractivity contribution < 1.29 is 0 Å². The van der Waals surface area contributed by atoms with Crippen LogP contribution in [-0.4, -0.2) is 6.21 Å². The SMILES string of the molecule is CCC/C=C(\CCC)C1(C)C=CC(CC)=CN=C1. The molecule has 0 aromatic carbocycles. The highest BCUT2D eigenvalue weighted by molar-refractivity contribution is 5.74. The summed E-state index contributed by atoms with van der Waals surface area (Å²) in [6, 6.07) is 0. The third kappa shape index (κ3) is 3.97. The molecule has 0 saturated heterocycles. The molecule has 0 aromatic rings. The zero-order valence-corrected chi connectivity index (χ0v) is 12.4. The van der Waals surface area contributed by atoms with Crippen molar-refractivity contribution in [3.8, 4) is 0 Å². The molecule has 18 heavy (non-hydrogen) atoms. The summed E-state index contributed by atoms with van der Waals surface area (Å²) in [6.45, 7) is 8.93. The zero-order valence-electron chi connectivity index (χ0n) is 12.4. The molecule has 0 aliphatic carbocycles. The van der Waals surface area contributed by atoms with Gasteiger partial charge in [-0.25, -0.2) is 0 Å². The number of allylic oxidation sites excluding steroid dienone is 5. The highest BCUT2D eigenvalue weighted by Gasteiger charge is 2.23. The van der Waals surface area contributed by atoms with Crippen LogP contribution in [0.2, 0.25) is 0 Å². The van der Waals surface area contributed by atoms with E-state index in [4.69, 9.17) is 0 Å². The third-order valence-electron chi connectivity index (χ3n) is 3.53. The van der Waals surface area contributed by atoms with E-state index in [0.717, 1.165) is 12.8 Å². The van der Waals surface area contributed by atoms with E-state index < -0.39 is 0 Å². The van der Waals surface area contributed by atoms with Crippen molar-refractivity contribution in [3.05, 3.63) is 35.6 Å². The van der Waals surface area contributed by atoms with Crippen LogP contribution in [-0.2, 0) is 0 Å². The van der Waals surface area contributed by atoms with Gasteiger partial charge in [-0.1, -0.05) is 57.4 Å². The van der Waals surface area contributed by atoms with Crippen molar-refractivity contribution in [3.63, 3.8) is 0 Å². The maximum Gasteiger partial charge on any atom is 0.0419 e. The van der Waals surface area contributed by atoms with E-state index in [1.165, 1.54) is 30.4 Å². The van der Waals surface area contributed by atoms with Crippen molar-refractivity contribution >= 4 is 6.21 Å². The second-order valence-corrected chi connectivity index (χ2v) is 5.22. The summed E-state index contributed by atoms with van der Waals surface area (Å²) in [6.07, 6.45) is 16.8. The Morgan fingerprint density at radius 1 is 1.28 bits per heavy atom. The zero-order chi connectivity index (χ0) is 13.4. The van der Waals surface area contributed by atoms with Gasteiger partial charge < -0.3 is 0 Å². The van der Waals surface area contributed by atoms with Gasteiger partial charge >= 0.3 is 0 Å². The number of hydrogen-bond donors (Lipinski definition) is 0. The highest BCUT2D eigenvalue weighted by Crippen LogP contribution is 2.32. The van der Waals surface area contributed by atoms with Crippen LogP contribution in [0.5, 0.6) is 0 Å². The lowest BCUT2D eigenvalue weighted by molar-refractivity contribution is 0.662. The Kier molecular flexibility index (Phi) is 6.11. The van der Waals surface area contributed by atoms with E-state index in [0.29, 0.717) is 0 Å². The number of nitrogens with zero attached hydrogens (tertiary/aromatic N) is 1. The fourth-order valence-electron chi connectivity index (χ4n) is 2.23. The quantitative estimate of drug-likeness (QED) is 0.551. The topological polar surface area (TPSA) is 12.4 Å². The molecule has 0 aromatic heterocycles. The minimum absolute atomic E-state index is 0.00139. The van der Waals surface area contributed by atoms with Gasteiger partial charge in [0.2, 0.25) is 0 Å². The largest absolute Gasteiger partial charge is 0.268 e. The molecule has 1 aliphatic rings. The average Bonchev–Trinajstić information content (AvgIpc) is 2.57. The summed E-state index contributed by atoms with van der Waals surface area (Å²) in [5, 5.41) is 0. The smallest absolute Gasteiger partial charge is 0.0419 e. The Balaban J connectivity index is 2.97. The Labute approximate surface area is 112 Å². The lowest BCUT2D eigenvalue weighted by atomic mass is 9.79. The van der Waals surface area contributed by atoms with E-state index in [1.54, 1.807) is 0 Å². The third-order valence-corrected chi connectivity index (χ3v) is 3.53. The molecule has 1 aliphatic heterocycles. The minimum atomic E-state index is -0.00139. The lowest BCUT2D eigenvalue weighted by Gasteiger charge is -2.25. The van der Waals surface area contributed by atoms with Crippen molar-refractivity contribution in [2.45, 2.75) is 59.8 Å². The average molecular weight is 245 g/mol. The summed E-state index contributed by atoms with van der Waals surface area (Å²) < 4.78 is 0. The van der Waals surface area contributed by atoms with Crippen LogP contribution in [0.4, 0.5) is 0 Å². The van der Waals surface area contributed by atoms with Crippen molar-refractivity contribution in [2.24, 2.45) is 10.4 Å². The molecule has 0 bridgehead atoms. The predicted octanol–water partition coefficient (Wildman–Crippen LogP) is 5.45. The van der Waals surface area contributed by atoms with E-state index in [1.807, 2.05) is 6.20 Å². The van der Waals surface area contributed by atoms with Gasteiger partial charge in [0.15, 0.2) is 0 Å². The summed E-state index contributed by atoms with van der Waals surface area (Å²) in [4.78, 5) is 4.50. The standard InChI is InChI=1S/C17H27N/c1-5-8-10-16(9-6-2)17(4)12-11-15(7-3)13-18-14-17/h10-14H,5-9H2,1-4H3/b16-10+. The van der Waals surface area contributed by atoms with Crippen LogP contribution < -0.4 is 0 Å². The first kappa shape index (κ1) is 14.9. The Morgan fingerprint density at radius 3 is 2.67 bits per heavy atom. The fraction of sp³-hybridized carbons (Fsp3) is 0.588. The second kappa shape index (κ2) is 7.35. The predicted molar refractivity (Wildman–Crippen MR) is 82.0 cm³/mol. The lowest BCUT2D eigenvalue weighted by Crippen LogP contribution is -2.18. The molecule has 1 atom stereocenters. The number of rotatable bonds is 6. The maximum atomic E-state index is 4.50. The van der Waals surface area contributed by atoms with Crippen molar-refractivity contribution in [1.29, 1.82) is 0 Å². The highest BCUT2D eigenvalue weighted by atomic mass is 14.7. The molecule has 0 spiro atoms. The molecular weight excluding hydrogens is 218 g/mol. The molecule has 0 fully saturated rings. The minimum Gasteiger partial charge on any atom is -0.268 e. The first-order chi connectivity index (χ1) is 8.66. The second-order valence-electron chi connectivity index (χ2n) is 5.22. The van der Waals surface area contributed by atoms with Crippen LogP contribution in [0.3, 0.4) is 0 Å². The fourth-order valence-corrected chi connectivity index (χ4v) is 2.23. The molecular formula is C17H27N. The molecule has 0 amide bonds. The Hall–Kier alpha value is -1.11. The van der Waals surface area contributed by atoms with E-state index in [2.05, 4.69) is 57.1 Å². The van der Waals surface area contributed by atoms with Gasteiger partial charge in [0.05, 0.1) is 0 Å². The molecule has 1 heteroatoms. The van der Waals surface area contributed by atoms with Crippen LogP contribution in [0.15, 0.2) is 40.6 Å². The molecule has 1 rings (SSSR count). The van der Waals surface area contributed by atoms with Gasteiger partial charge in [0, 0.05) is 17.8 Å². The molecule has 100 valence electrons. The molecule has 1 heterocycles. The van der Waals surface area contributed by atoms with E-state index >= 15 is 0 Å². The van der Waals surface area contributed by atoms with Gasteiger partial charge in [0.25, 0.3) is 0 Å². The van der Waals surface area contributed by atoms with Crippen molar-refractivity contribution in [1.82, 2.24) is 0 Å². The first-order valence-corrected chi connectivity index (χ1v) is 7.28. The van der Waals surface area contributed by atoms with Crippen LogP contribution in [0, 0.1) is 5.41 Å². The summed E-state index contributed by atoms with van der Waals surface area (Å²) >= 11 is 0. The molecule has 0 N–H and O–H groups in total. The monoisotopic (exact) mass is 245 g/mol. The number of hydrogen-bond acceptors (Lipinski definition) is 1. The molecule has 1 nitrogen and oxygen atoms in total. The maximum absolute atomic E-state index is 4.50. The van der Waals surface area contributed by atoms with E-state index in [9.17, 15) is 0 Å². The normalized spacial score (nSPS) is 24.0. The molecule has 0 radical (unpaired) electrons. The van der Waals surface area contributed by atoms with E-state index in [-0.39, 0.29) is 5.41 Å². The number of aliphatic imine (C=N–C) groups is 1. The summed E-state index contributed by atoms with van der Waals surface area (Å²) in [7, 11) is 0. The summed E-state index contributed by atoms with van der Waals surface area (Å²) in [5.41, 5.74) is 2.82. The Morgan fingerprint density at radius 2 is 2.06 bits per heavy atom. The van der Waals surface area contributed by atoms with Crippen LogP contribution in [0.25, 0.3) is 0 Å². The van der Waals surface area contributed by atoms with Crippen molar-refractivity contribution in [2.75, 3.05) is 0 Å². The molecule has 0 saturated carbocycles. The van der Waals surface area contributed by atoms with Gasteiger partial charge in [-0.3, -0.25) is 4.99 Å². The van der Waals surface area contributed by atoms with Gasteiger partial charge in [0.1, 0.15) is 0 Å². The number of unbranched alkanes of at least 4 members (excludes halogenated alkanes) is 1. The van der Waals surface area contributed by atoms with Gasteiger partial charge in [-0.05, 0) is 31.8 Å². The van der Waals surface area contributed by atoms with Gasteiger partial charge in [-0.2, -0.15) is 0 Å². The molecule has 1 unspecified atom stereocenters.